The van der Waals surface area contributed by atoms with Crippen molar-refractivity contribution >= 4 is 35.1 Å². The fourth-order valence-corrected chi connectivity index (χ4v) is 3.04. The van der Waals surface area contributed by atoms with Gasteiger partial charge in [0, 0.05) is 16.1 Å². The van der Waals surface area contributed by atoms with Crippen LogP contribution < -0.4 is 10.1 Å². The zero-order valence-corrected chi connectivity index (χ0v) is 18.1. The highest BCUT2D eigenvalue weighted by atomic mass is 35.5. The van der Waals surface area contributed by atoms with Crippen molar-refractivity contribution in [2.24, 2.45) is 0 Å². The molecule has 0 bridgehead atoms. The van der Waals surface area contributed by atoms with E-state index in [-0.39, 0.29) is 23.4 Å². The first kappa shape index (κ1) is 22.8. The molecule has 0 saturated heterocycles. The van der Waals surface area contributed by atoms with Crippen molar-refractivity contribution in [2.75, 3.05) is 19.5 Å². The molecule has 0 spiro atoms. The van der Waals surface area contributed by atoms with Gasteiger partial charge in [-0.25, -0.2) is 9.59 Å². The van der Waals surface area contributed by atoms with E-state index in [0.717, 1.165) is 5.56 Å². The molecule has 0 fully saturated rings. The van der Waals surface area contributed by atoms with Crippen molar-refractivity contribution < 1.29 is 28.6 Å². The topological polar surface area (TPSA) is 90.9 Å². The lowest BCUT2D eigenvalue weighted by molar-refractivity contribution is 0.0587. The third kappa shape index (κ3) is 5.44. The number of hydrogen-bond donors (Lipinski definition) is 1. The van der Waals surface area contributed by atoms with Crippen LogP contribution in [0, 0.1) is 0 Å². The Balaban J connectivity index is 1.74. The average Bonchev–Trinajstić information content (AvgIpc) is 2.82. The molecule has 1 amide bonds. The molecular weight excluding hydrogens is 434 g/mol. The fraction of sp³-hybridized carbons (Fsp3) is 0.125. The summed E-state index contributed by atoms with van der Waals surface area (Å²) in [4.78, 5) is 36.6. The van der Waals surface area contributed by atoms with Gasteiger partial charge in [-0.3, -0.25) is 4.79 Å². The van der Waals surface area contributed by atoms with Crippen molar-refractivity contribution in [3.63, 3.8) is 0 Å². The monoisotopic (exact) mass is 453 g/mol. The van der Waals surface area contributed by atoms with E-state index >= 15 is 0 Å². The van der Waals surface area contributed by atoms with Gasteiger partial charge in [-0.15, -0.1) is 0 Å². The van der Waals surface area contributed by atoms with Gasteiger partial charge in [0.15, 0.2) is 0 Å². The highest BCUT2D eigenvalue weighted by Gasteiger charge is 2.18. The van der Waals surface area contributed by atoms with Crippen LogP contribution in [0.2, 0.25) is 5.02 Å². The molecule has 0 atom stereocenters. The quantitative estimate of drug-likeness (QED) is 0.519. The minimum absolute atomic E-state index is 0.105. The summed E-state index contributed by atoms with van der Waals surface area (Å²) < 4.78 is 15.2. The first-order chi connectivity index (χ1) is 15.4. The van der Waals surface area contributed by atoms with Crippen molar-refractivity contribution in [1.82, 2.24) is 0 Å². The van der Waals surface area contributed by atoms with Crippen LogP contribution in [0.15, 0.2) is 66.7 Å². The highest BCUT2D eigenvalue weighted by Crippen LogP contribution is 2.22. The van der Waals surface area contributed by atoms with Crippen LogP contribution in [0.1, 0.15) is 36.6 Å². The summed E-state index contributed by atoms with van der Waals surface area (Å²) in [6.07, 6.45) is 0. The summed E-state index contributed by atoms with van der Waals surface area (Å²) in [5.74, 6) is -1.17. The van der Waals surface area contributed by atoms with Crippen LogP contribution in [-0.2, 0) is 16.1 Å². The molecule has 0 saturated carbocycles. The Labute approximate surface area is 189 Å². The number of halogens is 1. The lowest BCUT2D eigenvalue weighted by Crippen LogP contribution is -2.16. The molecule has 0 aliphatic carbocycles. The predicted octanol–water partition coefficient (Wildman–Crippen LogP) is 4.74. The number of methoxy groups -OCH3 is 2. The Morgan fingerprint density at radius 1 is 0.844 bits per heavy atom. The van der Waals surface area contributed by atoms with E-state index in [2.05, 4.69) is 5.32 Å². The predicted molar refractivity (Wildman–Crippen MR) is 119 cm³/mol. The Morgan fingerprint density at radius 2 is 1.50 bits per heavy atom. The molecule has 7 nitrogen and oxygen atoms in total. The normalized spacial score (nSPS) is 10.2. The van der Waals surface area contributed by atoms with Crippen LogP contribution >= 0.6 is 11.6 Å². The van der Waals surface area contributed by atoms with Crippen LogP contribution in [0.25, 0.3) is 0 Å². The molecule has 0 aliphatic heterocycles. The summed E-state index contributed by atoms with van der Waals surface area (Å²) >= 11 is 6.12. The van der Waals surface area contributed by atoms with Crippen molar-refractivity contribution in [2.45, 2.75) is 6.61 Å². The third-order valence-corrected chi connectivity index (χ3v) is 4.93. The van der Waals surface area contributed by atoms with Gasteiger partial charge >= 0.3 is 11.9 Å². The van der Waals surface area contributed by atoms with E-state index in [1.54, 1.807) is 30.3 Å². The number of esters is 2. The molecule has 8 heteroatoms. The maximum atomic E-state index is 12.7. The smallest absolute Gasteiger partial charge is 0.339 e. The number of carbonyl (C=O) groups excluding carboxylic acids is 3. The van der Waals surface area contributed by atoms with Crippen molar-refractivity contribution in [1.29, 1.82) is 0 Å². The standard InChI is InChI=1S/C24H20ClNO6/c1-30-23(28)16-9-12-19(24(29)31-2)21(13-16)26-22(27)15-7-10-18(11-8-15)32-14-17-5-3-4-6-20(17)25/h3-13H,14H2,1-2H3,(H,26,27). The van der Waals surface area contributed by atoms with Gasteiger partial charge in [-0.2, -0.15) is 0 Å². The summed E-state index contributed by atoms with van der Waals surface area (Å²) in [6, 6.07) is 18.0. The summed E-state index contributed by atoms with van der Waals surface area (Å²) in [7, 11) is 2.47. The number of rotatable bonds is 7. The fourth-order valence-electron chi connectivity index (χ4n) is 2.85. The molecule has 0 radical (unpaired) electrons. The van der Waals surface area contributed by atoms with Crippen molar-refractivity contribution in [3.8, 4) is 5.75 Å². The molecule has 0 unspecified atom stereocenters. The van der Waals surface area contributed by atoms with Crippen LogP contribution in [-0.4, -0.2) is 32.1 Å². The zero-order chi connectivity index (χ0) is 23.1. The second-order valence-corrected chi connectivity index (χ2v) is 7.01. The van der Waals surface area contributed by atoms with E-state index in [9.17, 15) is 14.4 Å². The largest absolute Gasteiger partial charge is 0.489 e. The molecule has 3 aromatic carbocycles. The van der Waals surface area contributed by atoms with Crippen LogP contribution in [0.5, 0.6) is 5.75 Å². The van der Waals surface area contributed by atoms with Crippen LogP contribution in [0.3, 0.4) is 0 Å². The Bertz CT molecular complexity index is 1140. The summed E-state index contributed by atoms with van der Waals surface area (Å²) in [6.45, 7) is 0.286. The van der Waals surface area contributed by atoms with Gasteiger partial charge in [0.1, 0.15) is 12.4 Å². The average molecular weight is 454 g/mol. The van der Waals surface area contributed by atoms with E-state index in [1.165, 1.54) is 32.4 Å². The molecule has 0 aliphatic rings. The van der Waals surface area contributed by atoms with E-state index in [1.807, 2.05) is 18.2 Å². The number of anilines is 1. The number of amides is 1. The van der Waals surface area contributed by atoms with Gasteiger partial charge in [-0.1, -0.05) is 29.8 Å². The molecule has 164 valence electrons. The minimum atomic E-state index is -0.653. The number of benzene rings is 3. The minimum Gasteiger partial charge on any atom is -0.489 e. The number of ether oxygens (including phenoxy) is 3. The second kappa shape index (κ2) is 10.5. The summed E-state index contributed by atoms with van der Waals surface area (Å²) in [5, 5.41) is 3.25. The van der Waals surface area contributed by atoms with E-state index in [4.69, 9.17) is 25.8 Å². The molecule has 0 heterocycles. The van der Waals surface area contributed by atoms with Gasteiger partial charge in [-0.05, 0) is 48.5 Å². The number of nitrogens with one attached hydrogen (secondary N) is 1. The van der Waals surface area contributed by atoms with Crippen molar-refractivity contribution in [3.05, 3.63) is 94.0 Å². The second-order valence-electron chi connectivity index (χ2n) is 6.60. The van der Waals surface area contributed by atoms with E-state index < -0.39 is 17.8 Å². The Kier molecular flexibility index (Phi) is 7.46. The summed E-state index contributed by atoms with van der Waals surface area (Å²) in [5.41, 5.74) is 1.59. The highest BCUT2D eigenvalue weighted by molar-refractivity contribution is 6.31. The van der Waals surface area contributed by atoms with E-state index in [0.29, 0.717) is 16.3 Å². The molecule has 1 N–H and O–H groups in total. The lowest BCUT2D eigenvalue weighted by atomic mass is 10.1. The SMILES string of the molecule is COC(=O)c1ccc(C(=O)OC)c(NC(=O)c2ccc(OCc3ccccc3Cl)cc2)c1. The molecule has 3 rings (SSSR count). The Morgan fingerprint density at radius 3 is 2.16 bits per heavy atom. The van der Waals surface area contributed by atoms with Crippen LogP contribution in [0.4, 0.5) is 5.69 Å². The van der Waals surface area contributed by atoms with Gasteiger partial charge in [0.2, 0.25) is 0 Å². The first-order valence-electron chi connectivity index (χ1n) is 9.51. The van der Waals surface area contributed by atoms with Gasteiger partial charge < -0.3 is 19.5 Å². The maximum Gasteiger partial charge on any atom is 0.339 e. The first-order valence-corrected chi connectivity index (χ1v) is 9.89. The lowest BCUT2D eigenvalue weighted by Gasteiger charge is -2.12. The van der Waals surface area contributed by atoms with Gasteiger partial charge in [0.25, 0.3) is 5.91 Å². The maximum absolute atomic E-state index is 12.7. The zero-order valence-electron chi connectivity index (χ0n) is 17.4. The molecule has 0 aromatic heterocycles. The molecule has 3 aromatic rings. The molecular formula is C24H20ClNO6. The number of hydrogen-bond acceptors (Lipinski definition) is 6. The number of carbonyl (C=O) groups is 3. The van der Waals surface area contributed by atoms with Gasteiger partial charge in [0.05, 0.1) is 31.0 Å². The Hall–Kier alpha value is -3.84. The molecule has 32 heavy (non-hydrogen) atoms. The third-order valence-electron chi connectivity index (χ3n) is 4.56.